The molecule has 1 N–H and O–H groups in total. The highest BCUT2D eigenvalue weighted by Crippen LogP contribution is 2.63. The summed E-state index contributed by atoms with van der Waals surface area (Å²) < 4.78 is 0. The van der Waals surface area contributed by atoms with E-state index in [1.807, 2.05) is 11.0 Å². The Hall–Kier alpha value is -1.65. The highest BCUT2D eigenvalue weighted by atomic mass is 16.3. The number of hydrogen-bond donors (Lipinski definition) is 1. The van der Waals surface area contributed by atoms with Crippen LogP contribution >= 0.6 is 0 Å². The minimum atomic E-state index is -0.00850. The van der Waals surface area contributed by atoms with Crippen LogP contribution < -0.4 is 4.90 Å². The van der Waals surface area contributed by atoms with E-state index in [0.29, 0.717) is 12.0 Å². The molecule has 1 aromatic carbocycles. The van der Waals surface area contributed by atoms with Crippen LogP contribution in [0.1, 0.15) is 32.3 Å². The van der Waals surface area contributed by atoms with Crippen LogP contribution in [0.15, 0.2) is 35.9 Å². The van der Waals surface area contributed by atoms with Gasteiger partial charge in [0.2, 0.25) is 5.91 Å². The second-order valence-corrected chi connectivity index (χ2v) is 8.18. The smallest absolute Gasteiger partial charge is 0.224 e. The fraction of sp³-hybridized carbons (Fsp3) is 0.571. The van der Waals surface area contributed by atoms with E-state index in [-0.39, 0.29) is 29.9 Å². The molecule has 1 amide bonds. The SMILES string of the molecule is C/C=C1\CN2CC[C@]34c5ccccc5N(C(C)=O)[C@H]3[C@@H](CO)[C@H]1C[C@H]24. The molecule has 5 rings (SSSR count). The van der Waals surface area contributed by atoms with E-state index in [1.54, 1.807) is 6.92 Å². The fourth-order valence-electron chi connectivity index (χ4n) is 6.69. The van der Waals surface area contributed by atoms with E-state index >= 15 is 0 Å². The molecule has 4 aliphatic rings. The van der Waals surface area contributed by atoms with Crippen LogP contribution in [-0.4, -0.2) is 47.7 Å². The zero-order valence-corrected chi connectivity index (χ0v) is 15.0. The molecule has 2 bridgehead atoms. The van der Waals surface area contributed by atoms with Crippen molar-refractivity contribution in [2.75, 3.05) is 24.6 Å². The molecular formula is C21H26N2O2. The van der Waals surface area contributed by atoms with Gasteiger partial charge in [0, 0.05) is 43.1 Å². The maximum atomic E-state index is 12.7. The molecule has 0 unspecified atom stereocenters. The van der Waals surface area contributed by atoms with E-state index in [0.717, 1.165) is 31.6 Å². The van der Waals surface area contributed by atoms with Crippen molar-refractivity contribution in [3.05, 3.63) is 41.5 Å². The van der Waals surface area contributed by atoms with Gasteiger partial charge in [-0.3, -0.25) is 9.69 Å². The van der Waals surface area contributed by atoms with Gasteiger partial charge in [-0.25, -0.2) is 0 Å². The molecule has 0 radical (unpaired) electrons. The van der Waals surface area contributed by atoms with Crippen molar-refractivity contribution in [1.82, 2.24) is 4.90 Å². The molecule has 1 aliphatic carbocycles. The van der Waals surface area contributed by atoms with Crippen LogP contribution in [0.4, 0.5) is 5.69 Å². The molecular weight excluding hydrogens is 312 g/mol. The summed E-state index contributed by atoms with van der Waals surface area (Å²) in [7, 11) is 0. The molecule has 4 heteroatoms. The summed E-state index contributed by atoms with van der Waals surface area (Å²) in [6, 6.07) is 9.04. The van der Waals surface area contributed by atoms with Crippen LogP contribution in [-0.2, 0) is 10.2 Å². The van der Waals surface area contributed by atoms with E-state index in [2.05, 4.69) is 36.1 Å². The summed E-state index contributed by atoms with van der Waals surface area (Å²) in [6.07, 6.45) is 4.44. The zero-order chi connectivity index (χ0) is 17.3. The highest BCUT2D eigenvalue weighted by molar-refractivity contribution is 5.96. The van der Waals surface area contributed by atoms with Gasteiger partial charge in [0.15, 0.2) is 0 Å². The monoisotopic (exact) mass is 338 g/mol. The van der Waals surface area contributed by atoms with Gasteiger partial charge >= 0.3 is 0 Å². The number of anilines is 1. The number of fused-ring (bicyclic) bond motifs is 2. The lowest BCUT2D eigenvalue weighted by molar-refractivity contribution is -0.118. The molecule has 3 fully saturated rings. The lowest BCUT2D eigenvalue weighted by atomic mass is 9.55. The number of carbonyl (C=O) groups is 1. The van der Waals surface area contributed by atoms with E-state index in [4.69, 9.17) is 0 Å². The van der Waals surface area contributed by atoms with Gasteiger partial charge in [-0.15, -0.1) is 0 Å². The molecule has 5 atom stereocenters. The summed E-state index contributed by atoms with van der Waals surface area (Å²) in [5.41, 5.74) is 3.86. The Morgan fingerprint density at radius 3 is 2.92 bits per heavy atom. The number of amides is 1. The number of nitrogens with zero attached hydrogens (tertiary/aromatic N) is 2. The number of benzene rings is 1. The molecule has 1 aromatic rings. The summed E-state index contributed by atoms with van der Waals surface area (Å²) in [5.74, 6) is 0.621. The summed E-state index contributed by atoms with van der Waals surface area (Å²) in [5, 5.41) is 10.4. The van der Waals surface area contributed by atoms with Crippen molar-refractivity contribution in [3.63, 3.8) is 0 Å². The Kier molecular flexibility index (Phi) is 3.23. The molecule has 1 spiro atoms. The Morgan fingerprint density at radius 2 is 2.20 bits per heavy atom. The van der Waals surface area contributed by atoms with E-state index in [1.165, 1.54) is 11.1 Å². The molecule has 3 heterocycles. The maximum absolute atomic E-state index is 12.7. The second-order valence-electron chi connectivity index (χ2n) is 8.18. The molecule has 4 nitrogen and oxygen atoms in total. The normalized spacial score (nSPS) is 40.3. The largest absolute Gasteiger partial charge is 0.396 e. The van der Waals surface area contributed by atoms with Crippen LogP contribution in [0.2, 0.25) is 0 Å². The first-order valence-corrected chi connectivity index (χ1v) is 9.52. The Bertz CT molecular complexity index is 773. The third-order valence-corrected chi connectivity index (χ3v) is 7.50. The summed E-state index contributed by atoms with van der Waals surface area (Å²) >= 11 is 0. The first kappa shape index (κ1) is 15.6. The summed E-state index contributed by atoms with van der Waals surface area (Å²) in [6.45, 7) is 6.06. The van der Waals surface area contributed by atoms with Gasteiger partial charge in [0.25, 0.3) is 0 Å². The third-order valence-electron chi connectivity index (χ3n) is 7.50. The fourth-order valence-corrected chi connectivity index (χ4v) is 6.69. The van der Waals surface area contributed by atoms with Gasteiger partial charge in [0.05, 0.1) is 6.04 Å². The predicted molar refractivity (Wildman–Crippen MR) is 97.5 cm³/mol. The number of carbonyl (C=O) groups excluding carboxylic acids is 1. The first-order chi connectivity index (χ1) is 12.1. The Labute approximate surface area is 149 Å². The van der Waals surface area contributed by atoms with Gasteiger partial charge in [-0.2, -0.15) is 0 Å². The molecule has 25 heavy (non-hydrogen) atoms. The third kappa shape index (κ3) is 1.72. The van der Waals surface area contributed by atoms with Crippen LogP contribution in [0.25, 0.3) is 0 Å². The zero-order valence-electron chi connectivity index (χ0n) is 15.0. The molecule has 2 saturated heterocycles. The number of aliphatic hydroxyl groups excluding tert-OH is 1. The number of hydrogen-bond acceptors (Lipinski definition) is 3. The summed E-state index contributed by atoms with van der Waals surface area (Å²) in [4.78, 5) is 17.3. The standard InChI is InChI=1S/C21H26N2O2/c1-3-14-11-22-9-8-21-17-6-4-5-7-18(17)23(13(2)25)20(21)16(12-24)15(14)10-19(21)22/h3-7,15-16,19-20,24H,8-12H2,1-2H3/b14-3+/t15-,16-,19-,20-,21+/m0/s1. The number of rotatable bonds is 1. The van der Waals surface area contributed by atoms with Crippen molar-refractivity contribution < 1.29 is 9.90 Å². The van der Waals surface area contributed by atoms with Crippen LogP contribution in [0, 0.1) is 11.8 Å². The average Bonchev–Trinajstić information content (AvgIpc) is 3.15. The van der Waals surface area contributed by atoms with Crippen LogP contribution in [0.5, 0.6) is 0 Å². The Balaban J connectivity index is 1.77. The van der Waals surface area contributed by atoms with Crippen molar-refractivity contribution in [2.24, 2.45) is 11.8 Å². The van der Waals surface area contributed by atoms with Gasteiger partial charge in [-0.05, 0) is 43.9 Å². The molecule has 3 aliphatic heterocycles. The van der Waals surface area contributed by atoms with E-state index < -0.39 is 0 Å². The van der Waals surface area contributed by atoms with Crippen molar-refractivity contribution in [1.29, 1.82) is 0 Å². The average molecular weight is 338 g/mol. The molecule has 132 valence electrons. The van der Waals surface area contributed by atoms with Crippen molar-refractivity contribution in [2.45, 2.75) is 44.2 Å². The maximum Gasteiger partial charge on any atom is 0.224 e. The van der Waals surface area contributed by atoms with Gasteiger partial charge in [-0.1, -0.05) is 29.8 Å². The molecule has 1 saturated carbocycles. The predicted octanol–water partition coefficient (Wildman–Crippen LogP) is 2.32. The number of piperidine rings is 1. The minimum Gasteiger partial charge on any atom is -0.396 e. The van der Waals surface area contributed by atoms with E-state index in [9.17, 15) is 9.90 Å². The van der Waals surface area contributed by atoms with Gasteiger partial charge in [0.1, 0.15) is 0 Å². The van der Waals surface area contributed by atoms with Crippen molar-refractivity contribution >= 4 is 11.6 Å². The minimum absolute atomic E-state index is 0.00850. The number of para-hydroxylation sites is 1. The lowest BCUT2D eigenvalue weighted by Gasteiger charge is -2.56. The number of aliphatic hydroxyl groups is 1. The topological polar surface area (TPSA) is 43.8 Å². The number of allylic oxidation sites excluding steroid dienone is 1. The Morgan fingerprint density at radius 1 is 1.40 bits per heavy atom. The van der Waals surface area contributed by atoms with Gasteiger partial charge < -0.3 is 10.0 Å². The first-order valence-electron chi connectivity index (χ1n) is 9.52. The lowest BCUT2D eigenvalue weighted by Crippen LogP contribution is -2.65. The quantitative estimate of drug-likeness (QED) is 0.799. The second kappa shape index (κ2) is 5.18. The molecule has 0 aromatic heterocycles. The highest BCUT2D eigenvalue weighted by Gasteiger charge is 2.67. The van der Waals surface area contributed by atoms with Crippen LogP contribution in [0.3, 0.4) is 0 Å². The van der Waals surface area contributed by atoms with Crippen molar-refractivity contribution in [3.8, 4) is 0 Å².